The number of nitrogens with two attached hydrogens (primary N) is 1. The van der Waals surface area contributed by atoms with Crippen molar-refractivity contribution in [3.63, 3.8) is 0 Å². The number of hydrazine groups is 1. The molecule has 0 aliphatic carbocycles. The van der Waals surface area contributed by atoms with Gasteiger partial charge in [0, 0.05) is 6.61 Å². The molecule has 0 aromatic heterocycles. The van der Waals surface area contributed by atoms with Crippen LogP contribution < -0.4 is 11.3 Å². The van der Waals surface area contributed by atoms with Gasteiger partial charge in [0.2, 0.25) is 5.91 Å². The average Bonchev–Trinajstić information content (AvgIpc) is 2.53. The van der Waals surface area contributed by atoms with Crippen LogP contribution in [0.3, 0.4) is 0 Å². The van der Waals surface area contributed by atoms with Crippen LogP contribution in [0.4, 0.5) is 0 Å². The highest BCUT2D eigenvalue weighted by Crippen LogP contribution is 2.21. The molecule has 0 aliphatic rings. The summed E-state index contributed by atoms with van der Waals surface area (Å²) in [6.45, 7) is 7.85. The second-order valence-corrected chi connectivity index (χ2v) is 6.76. The number of esters is 1. The fourth-order valence-electron chi connectivity index (χ4n) is 2.25. The van der Waals surface area contributed by atoms with E-state index in [1.165, 1.54) is 0 Å². The molecular weight excluding hydrogens is 308 g/mol. The van der Waals surface area contributed by atoms with Crippen molar-refractivity contribution in [2.24, 2.45) is 17.7 Å². The van der Waals surface area contributed by atoms with Crippen LogP contribution in [0.5, 0.6) is 0 Å². The zero-order valence-electron chi connectivity index (χ0n) is 14.9. The molecule has 0 saturated carbocycles. The molecule has 1 aromatic carbocycles. The highest BCUT2D eigenvalue weighted by Gasteiger charge is 2.32. The van der Waals surface area contributed by atoms with Crippen LogP contribution in [-0.2, 0) is 25.7 Å². The first-order chi connectivity index (χ1) is 11.2. The van der Waals surface area contributed by atoms with Crippen LogP contribution in [0, 0.1) is 11.8 Å². The second kappa shape index (κ2) is 9.39. The maximum Gasteiger partial charge on any atom is 0.309 e. The highest BCUT2D eigenvalue weighted by molar-refractivity contribution is 5.84. The lowest BCUT2D eigenvalue weighted by Gasteiger charge is -2.26. The number of benzene rings is 1. The van der Waals surface area contributed by atoms with E-state index < -0.39 is 29.3 Å². The van der Waals surface area contributed by atoms with Crippen LogP contribution in [0.25, 0.3) is 0 Å². The lowest BCUT2D eigenvalue weighted by molar-refractivity contribution is -0.163. The van der Waals surface area contributed by atoms with Crippen LogP contribution in [0.2, 0.25) is 0 Å². The van der Waals surface area contributed by atoms with Crippen molar-refractivity contribution >= 4 is 11.9 Å². The number of rotatable bonds is 8. The number of hydrogen-bond donors (Lipinski definition) is 2. The molecule has 6 nitrogen and oxygen atoms in total. The smallest absolute Gasteiger partial charge is 0.309 e. The Kier molecular flexibility index (Phi) is 7.88. The van der Waals surface area contributed by atoms with Crippen molar-refractivity contribution in [3.8, 4) is 0 Å². The third kappa shape index (κ3) is 7.10. The van der Waals surface area contributed by atoms with Crippen molar-refractivity contribution in [2.45, 2.75) is 46.3 Å². The minimum absolute atomic E-state index is 0.347. The molecule has 0 heterocycles. The maximum absolute atomic E-state index is 12.2. The summed E-state index contributed by atoms with van der Waals surface area (Å²) in [5.41, 5.74) is 2.57. The van der Waals surface area contributed by atoms with Gasteiger partial charge in [-0.3, -0.25) is 15.0 Å². The van der Waals surface area contributed by atoms with E-state index in [0.717, 1.165) is 5.56 Å². The van der Waals surface area contributed by atoms with E-state index in [1.807, 2.05) is 30.3 Å². The molecule has 2 atom stereocenters. The summed E-state index contributed by atoms with van der Waals surface area (Å²) in [7, 11) is 0. The number of nitrogens with one attached hydrogen (secondary N) is 1. The number of carbonyl (C=O) groups excluding carboxylic acids is 2. The summed E-state index contributed by atoms with van der Waals surface area (Å²) in [5, 5.41) is 0. The molecular formula is C18H28N2O4. The van der Waals surface area contributed by atoms with E-state index in [1.54, 1.807) is 27.7 Å². The standard InChI is InChI=1S/C18H28N2O4/c1-13(17(22)24-18(2,3)4)15(16(21)20-19)10-11-23-12-14-8-6-5-7-9-14/h5-9,13,15H,10-12,19H2,1-4H3,(H,20,21). The minimum atomic E-state index is -0.604. The molecule has 3 N–H and O–H groups in total. The Morgan fingerprint density at radius 2 is 1.83 bits per heavy atom. The quantitative estimate of drug-likeness (QED) is 0.250. The van der Waals surface area contributed by atoms with Gasteiger partial charge < -0.3 is 9.47 Å². The molecule has 6 heteroatoms. The van der Waals surface area contributed by atoms with E-state index in [0.29, 0.717) is 19.6 Å². The van der Waals surface area contributed by atoms with Crippen molar-refractivity contribution < 1.29 is 19.1 Å². The number of amides is 1. The van der Waals surface area contributed by atoms with Gasteiger partial charge in [0.15, 0.2) is 0 Å². The molecule has 0 saturated heterocycles. The molecule has 134 valence electrons. The average molecular weight is 336 g/mol. The van der Waals surface area contributed by atoms with Crippen LogP contribution in [0.15, 0.2) is 30.3 Å². The van der Waals surface area contributed by atoms with Gasteiger partial charge in [0.1, 0.15) is 5.60 Å². The topological polar surface area (TPSA) is 90.6 Å². The van der Waals surface area contributed by atoms with Crippen molar-refractivity contribution in [1.29, 1.82) is 0 Å². The van der Waals surface area contributed by atoms with Gasteiger partial charge in [0.25, 0.3) is 0 Å². The van der Waals surface area contributed by atoms with E-state index in [9.17, 15) is 9.59 Å². The number of ether oxygens (including phenoxy) is 2. The van der Waals surface area contributed by atoms with Gasteiger partial charge in [-0.05, 0) is 32.8 Å². The predicted molar refractivity (Wildman–Crippen MR) is 91.5 cm³/mol. The first-order valence-corrected chi connectivity index (χ1v) is 8.09. The number of carbonyl (C=O) groups is 2. The third-order valence-corrected chi connectivity index (χ3v) is 3.55. The van der Waals surface area contributed by atoms with Crippen LogP contribution in [-0.4, -0.2) is 24.1 Å². The molecule has 1 rings (SSSR count). The molecule has 0 aliphatic heterocycles. The van der Waals surface area contributed by atoms with Crippen molar-refractivity contribution in [3.05, 3.63) is 35.9 Å². The summed E-state index contributed by atoms with van der Waals surface area (Å²) >= 11 is 0. The summed E-state index contributed by atoms with van der Waals surface area (Å²) in [6, 6.07) is 9.75. The Hall–Kier alpha value is -1.92. The Bertz CT molecular complexity index is 526. The van der Waals surface area contributed by atoms with Gasteiger partial charge in [-0.1, -0.05) is 37.3 Å². The third-order valence-electron chi connectivity index (χ3n) is 3.55. The minimum Gasteiger partial charge on any atom is -0.460 e. The van der Waals surface area contributed by atoms with E-state index in [2.05, 4.69) is 5.43 Å². The van der Waals surface area contributed by atoms with Crippen LogP contribution in [0.1, 0.15) is 39.7 Å². The molecule has 0 bridgehead atoms. The molecule has 2 unspecified atom stereocenters. The molecule has 0 radical (unpaired) electrons. The fourth-order valence-corrected chi connectivity index (χ4v) is 2.25. The van der Waals surface area contributed by atoms with Gasteiger partial charge in [-0.15, -0.1) is 0 Å². The summed E-state index contributed by atoms with van der Waals surface area (Å²) in [4.78, 5) is 24.2. The summed E-state index contributed by atoms with van der Waals surface area (Å²) < 4.78 is 11.0. The zero-order valence-corrected chi connectivity index (χ0v) is 14.9. The highest BCUT2D eigenvalue weighted by atomic mass is 16.6. The first-order valence-electron chi connectivity index (χ1n) is 8.09. The monoisotopic (exact) mass is 336 g/mol. The van der Waals surface area contributed by atoms with Gasteiger partial charge >= 0.3 is 5.97 Å². The van der Waals surface area contributed by atoms with Gasteiger partial charge in [0.05, 0.1) is 18.4 Å². The lowest BCUT2D eigenvalue weighted by Crippen LogP contribution is -2.42. The fraction of sp³-hybridized carbons (Fsp3) is 0.556. The Morgan fingerprint density at radius 1 is 1.21 bits per heavy atom. The second-order valence-electron chi connectivity index (χ2n) is 6.76. The van der Waals surface area contributed by atoms with Crippen molar-refractivity contribution in [1.82, 2.24) is 5.43 Å². The largest absolute Gasteiger partial charge is 0.460 e. The lowest BCUT2D eigenvalue weighted by atomic mass is 9.90. The maximum atomic E-state index is 12.2. The van der Waals surface area contributed by atoms with Crippen LogP contribution >= 0.6 is 0 Å². The Morgan fingerprint density at radius 3 is 2.38 bits per heavy atom. The molecule has 24 heavy (non-hydrogen) atoms. The molecule has 1 aromatic rings. The van der Waals surface area contributed by atoms with E-state index in [-0.39, 0.29) is 0 Å². The summed E-state index contributed by atoms with van der Waals surface area (Å²) in [6.07, 6.45) is 0.385. The Balaban J connectivity index is 2.55. The predicted octanol–water partition coefficient (Wildman–Crippen LogP) is 2.18. The zero-order chi connectivity index (χ0) is 18.2. The first kappa shape index (κ1) is 20.1. The normalized spacial score (nSPS) is 13.9. The van der Waals surface area contributed by atoms with Gasteiger partial charge in [-0.25, -0.2) is 5.84 Å². The Labute approximate surface area is 143 Å². The van der Waals surface area contributed by atoms with E-state index in [4.69, 9.17) is 15.3 Å². The SMILES string of the molecule is CC(C(=O)OC(C)(C)C)C(CCOCc1ccccc1)C(=O)NN. The molecule has 1 amide bonds. The molecule has 0 fully saturated rings. The van der Waals surface area contributed by atoms with Crippen molar-refractivity contribution in [2.75, 3.05) is 6.61 Å². The number of hydrogen-bond acceptors (Lipinski definition) is 5. The molecule has 0 spiro atoms. The van der Waals surface area contributed by atoms with E-state index >= 15 is 0 Å². The van der Waals surface area contributed by atoms with Gasteiger partial charge in [-0.2, -0.15) is 0 Å². The summed E-state index contributed by atoms with van der Waals surface area (Å²) in [5.74, 6) is 3.23.